The number of H-pyrrole nitrogens is 1. The lowest BCUT2D eigenvalue weighted by molar-refractivity contribution is 0.692. The summed E-state index contributed by atoms with van der Waals surface area (Å²) < 4.78 is 13.8. The van der Waals surface area contributed by atoms with Gasteiger partial charge < -0.3 is 0 Å². The number of aromatic amines is 1. The molecule has 0 radical (unpaired) electrons. The number of nitrogens with one attached hydrogen (secondary N) is 1. The van der Waals surface area contributed by atoms with Crippen LogP contribution in [-0.2, 0) is 10.8 Å². The molecule has 0 saturated carbocycles. The Morgan fingerprint density at radius 2 is 2.40 bits per heavy atom. The summed E-state index contributed by atoms with van der Waals surface area (Å²) in [6, 6.07) is 1.89. The molecule has 2 atom stereocenters. The summed E-state index contributed by atoms with van der Waals surface area (Å²) in [5, 5.41) is 6.96. The largest absolute Gasteiger partial charge is 0.292 e. The first-order valence-electron chi connectivity index (χ1n) is 6.77. The van der Waals surface area contributed by atoms with E-state index in [9.17, 15) is 4.21 Å². The topological polar surface area (TPSA) is 58.1 Å². The highest BCUT2D eigenvalue weighted by Crippen LogP contribution is 2.46. The molecule has 3 rings (SSSR count). The van der Waals surface area contributed by atoms with E-state index in [2.05, 4.69) is 29.0 Å². The second kappa shape index (κ2) is 5.69. The van der Waals surface area contributed by atoms with Crippen molar-refractivity contribution in [2.75, 3.05) is 12.3 Å². The van der Waals surface area contributed by atoms with Crippen LogP contribution in [0.2, 0.25) is 0 Å². The molecule has 1 aromatic heterocycles. The highest BCUT2D eigenvalue weighted by Gasteiger charge is 2.36. The third-order valence-electron chi connectivity index (χ3n) is 3.38. The molecule has 20 heavy (non-hydrogen) atoms. The summed E-state index contributed by atoms with van der Waals surface area (Å²) >= 11 is 1.69. The number of hydrogen-bond donors (Lipinski definition) is 1. The van der Waals surface area contributed by atoms with Crippen molar-refractivity contribution >= 4 is 33.7 Å². The maximum atomic E-state index is 12.9. The lowest BCUT2D eigenvalue weighted by Crippen LogP contribution is -2.12. The average Bonchev–Trinajstić information content (AvgIpc) is 3.04. The number of rotatable bonds is 4. The zero-order valence-corrected chi connectivity index (χ0v) is 13.2. The predicted molar refractivity (Wildman–Crippen MR) is 85.9 cm³/mol. The van der Waals surface area contributed by atoms with Crippen molar-refractivity contribution in [3.05, 3.63) is 33.3 Å². The fourth-order valence-corrected chi connectivity index (χ4v) is 5.49. The highest BCUT2D eigenvalue weighted by molar-refractivity contribution is 8.19. The molecule has 106 valence electrons. The third-order valence-corrected chi connectivity index (χ3v) is 6.65. The third kappa shape index (κ3) is 2.20. The van der Waals surface area contributed by atoms with Crippen molar-refractivity contribution in [2.45, 2.75) is 20.3 Å². The van der Waals surface area contributed by atoms with Crippen LogP contribution in [0.3, 0.4) is 0 Å². The van der Waals surface area contributed by atoms with Crippen LogP contribution >= 0.6 is 11.8 Å². The normalized spacial score (nSPS) is 25.5. The van der Waals surface area contributed by atoms with Crippen LogP contribution in [0.4, 0.5) is 0 Å². The van der Waals surface area contributed by atoms with Crippen LogP contribution in [0, 0.1) is 5.92 Å². The summed E-state index contributed by atoms with van der Waals surface area (Å²) in [5.41, 5.74) is 3.12. The van der Waals surface area contributed by atoms with Crippen LogP contribution in [0.1, 0.15) is 26.0 Å². The number of hydrogen-bond acceptors (Lipinski definition) is 4. The molecule has 1 aromatic rings. The molecule has 2 aliphatic heterocycles. The molecule has 0 saturated heterocycles. The van der Waals surface area contributed by atoms with Gasteiger partial charge in [0.1, 0.15) is 0 Å². The van der Waals surface area contributed by atoms with E-state index in [-0.39, 0.29) is 0 Å². The molecule has 0 spiro atoms. The van der Waals surface area contributed by atoms with Gasteiger partial charge in [-0.25, -0.2) is 4.21 Å². The number of nitrogens with zero attached hydrogens (tertiary/aromatic N) is 2. The molecule has 2 aliphatic rings. The van der Waals surface area contributed by atoms with Gasteiger partial charge >= 0.3 is 0 Å². The number of allylic oxidation sites excluding steroid dienone is 1. The van der Waals surface area contributed by atoms with E-state index in [1.165, 1.54) is 5.57 Å². The molecule has 1 N–H and O–H groups in total. The van der Waals surface area contributed by atoms with Gasteiger partial charge in [-0.1, -0.05) is 13.8 Å². The Kier molecular flexibility index (Phi) is 3.94. The Morgan fingerprint density at radius 1 is 1.55 bits per heavy atom. The monoisotopic (exact) mass is 307 g/mol. The standard InChI is InChI=1S/C14H17N3OS2/c1-3-6-19-14-10-8-15-7-9(2)12(10)13(20(14)18)11-4-5-16-17-11/h4-5,8-9H,3,6-7H2,1-2H3,(H,16,17)/t9-,20?/m1/s1. The molecule has 6 heteroatoms. The first kappa shape index (κ1) is 13.8. The zero-order chi connectivity index (χ0) is 14.1. The fraction of sp³-hybridized carbons (Fsp3) is 0.429. The van der Waals surface area contributed by atoms with Crippen molar-refractivity contribution in [3.63, 3.8) is 0 Å². The number of aromatic nitrogens is 2. The molecule has 1 unspecified atom stereocenters. The maximum absolute atomic E-state index is 12.9. The summed E-state index contributed by atoms with van der Waals surface area (Å²) in [7, 11) is -1.11. The number of thioether (sulfide) groups is 1. The van der Waals surface area contributed by atoms with Crippen LogP contribution in [0.5, 0.6) is 0 Å². The maximum Gasteiger partial charge on any atom is 0.0946 e. The summed E-state index contributed by atoms with van der Waals surface area (Å²) in [6.45, 7) is 5.05. The quantitative estimate of drug-likeness (QED) is 0.930. The van der Waals surface area contributed by atoms with Gasteiger partial charge in [0.2, 0.25) is 0 Å². The van der Waals surface area contributed by atoms with E-state index in [4.69, 9.17) is 0 Å². The molecule has 3 heterocycles. The minimum Gasteiger partial charge on any atom is -0.292 e. The number of fused-ring (bicyclic) bond motifs is 1. The molecule has 0 aromatic carbocycles. The Balaban J connectivity index is 2.10. The van der Waals surface area contributed by atoms with E-state index in [1.807, 2.05) is 12.3 Å². The van der Waals surface area contributed by atoms with E-state index in [0.29, 0.717) is 5.92 Å². The smallest absolute Gasteiger partial charge is 0.0946 e. The molecule has 0 aliphatic carbocycles. The van der Waals surface area contributed by atoms with Gasteiger partial charge in [0.05, 0.1) is 25.6 Å². The van der Waals surface area contributed by atoms with E-state index < -0.39 is 10.8 Å². The molecular formula is C14H17N3OS2. The van der Waals surface area contributed by atoms with Crippen LogP contribution in [0.15, 0.2) is 32.6 Å². The van der Waals surface area contributed by atoms with Gasteiger partial charge in [-0.3, -0.25) is 10.1 Å². The molecule has 0 fully saturated rings. The van der Waals surface area contributed by atoms with Crippen molar-refractivity contribution in [1.29, 1.82) is 0 Å². The number of aliphatic imine (C=N–C) groups is 1. The Labute approximate surface area is 125 Å². The van der Waals surface area contributed by atoms with Gasteiger partial charge in [-0.15, -0.1) is 11.8 Å². The van der Waals surface area contributed by atoms with Crippen LogP contribution in [-0.4, -0.2) is 32.9 Å². The Bertz CT molecular complexity index is 629. The Hall–Kier alpha value is -1.14. The van der Waals surface area contributed by atoms with Gasteiger partial charge in [0.15, 0.2) is 0 Å². The van der Waals surface area contributed by atoms with Crippen LogP contribution in [0.25, 0.3) is 4.91 Å². The zero-order valence-electron chi connectivity index (χ0n) is 11.5. The first-order chi connectivity index (χ1) is 9.74. The van der Waals surface area contributed by atoms with Crippen LogP contribution < -0.4 is 0 Å². The first-order valence-corrected chi connectivity index (χ1v) is 8.90. The summed E-state index contributed by atoms with van der Waals surface area (Å²) in [4.78, 5) is 5.32. The van der Waals surface area contributed by atoms with E-state index in [1.54, 1.807) is 18.0 Å². The lowest BCUT2D eigenvalue weighted by Gasteiger charge is -2.18. The van der Waals surface area contributed by atoms with E-state index >= 15 is 0 Å². The molecule has 0 amide bonds. The van der Waals surface area contributed by atoms with Gasteiger partial charge in [0.25, 0.3) is 0 Å². The van der Waals surface area contributed by atoms with Gasteiger partial charge in [-0.2, -0.15) is 5.10 Å². The van der Waals surface area contributed by atoms with Gasteiger partial charge in [-0.05, 0) is 23.8 Å². The second-order valence-electron chi connectivity index (χ2n) is 4.93. The van der Waals surface area contributed by atoms with Crippen molar-refractivity contribution < 1.29 is 4.21 Å². The SMILES string of the molecule is CCCSC1=C2C=NC[C@@H](C)C2=C(c2ccn[nH]2)S1=O. The fourth-order valence-electron chi connectivity index (χ4n) is 2.48. The Morgan fingerprint density at radius 3 is 3.10 bits per heavy atom. The van der Waals surface area contributed by atoms with E-state index in [0.717, 1.165) is 39.1 Å². The van der Waals surface area contributed by atoms with Gasteiger partial charge in [0, 0.05) is 30.4 Å². The minimum atomic E-state index is -1.11. The predicted octanol–water partition coefficient (Wildman–Crippen LogP) is 2.96. The highest BCUT2D eigenvalue weighted by atomic mass is 32.2. The van der Waals surface area contributed by atoms with Crippen molar-refractivity contribution in [2.24, 2.45) is 10.9 Å². The summed E-state index contributed by atoms with van der Waals surface area (Å²) in [6.07, 6.45) is 4.67. The lowest BCUT2D eigenvalue weighted by atomic mass is 9.92. The minimum absolute atomic E-state index is 0.303. The molecule has 0 bridgehead atoms. The molecular weight excluding hydrogens is 290 g/mol. The molecule has 4 nitrogen and oxygen atoms in total. The summed E-state index contributed by atoms with van der Waals surface area (Å²) in [5.74, 6) is 1.29. The second-order valence-corrected chi connectivity index (χ2v) is 7.64. The average molecular weight is 307 g/mol. The van der Waals surface area contributed by atoms with Crippen molar-refractivity contribution in [3.8, 4) is 0 Å². The van der Waals surface area contributed by atoms with Crippen molar-refractivity contribution in [1.82, 2.24) is 10.2 Å².